The molecule has 0 aliphatic carbocycles. The van der Waals surface area contributed by atoms with Gasteiger partial charge in [0.2, 0.25) is 0 Å². The summed E-state index contributed by atoms with van der Waals surface area (Å²) in [5.74, 6) is 0.808. The number of rotatable bonds is 4. The van der Waals surface area contributed by atoms with E-state index in [1.54, 1.807) is 0 Å². The molecule has 1 heteroatoms. The molecule has 0 bridgehead atoms. The molecular weight excluding hydrogens is 194 g/mol. The minimum absolute atomic E-state index is 0.491. The minimum Gasteiger partial charge on any atom is -0.312 e. The summed E-state index contributed by atoms with van der Waals surface area (Å²) in [7, 11) is 0. The highest BCUT2D eigenvalue weighted by molar-refractivity contribution is 5.18. The van der Waals surface area contributed by atoms with Crippen LogP contribution in [-0.2, 0) is 6.42 Å². The standard InChI is InChI=1S/C15H23N/c1-4-12(2)15(3)11-16-14(15)10-13-8-6-5-7-9-13/h5-9,12,14,16H,4,10-11H2,1-3H3/t12?,14-,15?/m1/s1. The molecule has 1 aliphatic rings. The molecule has 16 heavy (non-hydrogen) atoms. The Bertz CT molecular complexity index is 333. The molecule has 1 nitrogen and oxygen atoms in total. The molecule has 1 saturated heterocycles. The molecule has 3 atom stereocenters. The maximum atomic E-state index is 3.60. The van der Waals surface area contributed by atoms with Crippen molar-refractivity contribution in [2.24, 2.45) is 11.3 Å². The number of hydrogen-bond donors (Lipinski definition) is 1. The van der Waals surface area contributed by atoms with Gasteiger partial charge in [-0.25, -0.2) is 0 Å². The van der Waals surface area contributed by atoms with Gasteiger partial charge in [0.25, 0.3) is 0 Å². The maximum absolute atomic E-state index is 3.60. The van der Waals surface area contributed by atoms with Crippen molar-refractivity contribution >= 4 is 0 Å². The maximum Gasteiger partial charge on any atom is 0.0176 e. The SMILES string of the molecule is CCC(C)C1(C)CN[C@@H]1Cc1ccccc1. The predicted octanol–water partition coefficient (Wildman–Crippen LogP) is 3.25. The van der Waals surface area contributed by atoms with Crippen LogP contribution in [0.15, 0.2) is 30.3 Å². The van der Waals surface area contributed by atoms with Crippen molar-refractivity contribution in [1.29, 1.82) is 0 Å². The van der Waals surface area contributed by atoms with E-state index in [1.807, 2.05) is 0 Å². The van der Waals surface area contributed by atoms with Crippen molar-refractivity contribution in [2.75, 3.05) is 6.54 Å². The normalized spacial score (nSPS) is 30.8. The largest absolute Gasteiger partial charge is 0.312 e. The van der Waals surface area contributed by atoms with Gasteiger partial charge in [-0.15, -0.1) is 0 Å². The van der Waals surface area contributed by atoms with Crippen LogP contribution in [0.5, 0.6) is 0 Å². The van der Waals surface area contributed by atoms with Crippen LogP contribution in [0.25, 0.3) is 0 Å². The molecule has 0 aromatic heterocycles. The molecule has 1 N–H and O–H groups in total. The van der Waals surface area contributed by atoms with Crippen LogP contribution in [0.2, 0.25) is 0 Å². The van der Waals surface area contributed by atoms with Crippen LogP contribution in [0.3, 0.4) is 0 Å². The summed E-state index contributed by atoms with van der Waals surface area (Å²) in [6, 6.07) is 11.5. The third kappa shape index (κ3) is 2.01. The summed E-state index contributed by atoms with van der Waals surface area (Å²) in [6.45, 7) is 8.30. The molecular formula is C15H23N. The third-order valence-electron chi connectivity index (χ3n) is 4.55. The van der Waals surface area contributed by atoms with Crippen molar-refractivity contribution in [2.45, 2.75) is 39.7 Å². The van der Waals surface area contributed by atoms with E-state index in [2.05, 4.69) is 56.4 Å². The highest BCUT2D eigenvalue weighted by Crippen LogP contribution is 2.40. The van der Waals surface area contributed by atoms with Crippen molar-refractivity contribution < 1.29 is 0 Å². The Morgan fingerprint density at radius 2 is 2.06 bits per heavy atom. The lowest BCUT2D eigenvalue weighted by Gasteiger charge is -2.52. The van der Waals surface area contributed by atoms with Crippen molar-refractivity contribution in [3.8, 4) is 0 Å². The Morgan fingerprint density at radius 1 is 1.38 bits per heavy atom. The minimum atomic E-state index is 0.491. The molecule has 88 valence electrons. The lowest BCUT2D eigenvalue weighted by atomic mass is 9.64. The van der Waals surface area contributed by atoms with E-state index in [1.165, 1.54) is 24.9 Å². The summed E-state index contributed by atoms with van der Waals surface area (Å²) in [5, 5.41) is 3.60. The van der Waals surface area contributed by atoms with E-state index in [-0.39, 0.29) is 0 Å². The van der Waals surface area contributed by atoms with Gasteiger partial charge in [-0.05, 0) is 23.3 Å². The first-order chi connectivity index (χ1) is 7.66. The first-order valence-corrected chi connectivity index (χ1v) is 6.44. The number of nitrogens with one attached hydrogen (secondary N) is 1. The fourth-order valence-corrected chi connectivity index (χ4v) is 2.71. The summed E-state index contributed by atoms with van der Waals surface area (Å²) < 4.78 is 0. The van der Waals surface area contributed by atoms with Gasteiger partial charge in [-0.2, -0.15) is 0 Å². The quantitative estimate of drug-likeness (QED) is 0.816. The second kappa shape index (κ2) is 4.58. The average Bonchev–Trinajstić information content (AvgIpc) is 2.34. The van der Waals surface area contributed by atoms with Crippen molar-refractivity contribution in [3.05, 3.63) is 35.9 Å². The Kier molecular flexibility index (Phi) is 3.34. The smallest absolute Gasteiger partial charge is 0.0176 e. The van der Waals surface area contributed by atoms with Gasteiger partial charge in [-0.3, -0.25) is 0 Å². The van der Waals surface area contributed by atoms with Gasteiger partial charge in [0, 0.05) is 12.6 Å². The Balaban J connectivity index is 2.02. The third-order valence-corrected chi connectivity index (χ3v) is 4.55. The van der Waals surface area contributed by atoms with Crippen LogP contribution in [0, 0.1) is 11.3 Å². The van der Waals surface area contributed by atoms with E-state index in [9.17, 15) is 0 Å². The van der Waals surface area contributed by atoms with Gasteiger partial charge < -0.3 is 5.32 Å². The van der Waals surface area contributed by atoms with E-state index >= 15 is 0 Å². The molecule has 1 aliphatic heterocycles. The number of hydrogen-bond acceptors (Lipinski definition) is 1. The summed E-state index contributed by atoms with van der Waals surface area (Å²) >= 11 is 0. The zero-order valence-corrected chi connectivity index (χ0v) is 10.7. The molecule has 0 spiro atoms. The Labute approximate surface area is 99.3 Å². The van der Waals surface area contributed by atoms with E-state index in [4.69, 9.17) is 0 Å². The second-order valence-corrected chi connectivity index (χ2v) is 5.44. The molecule has 0 saturated carbocycles. The number of benzene rings is 1. The average molecular weight is 217 g/mol. The van der Waals surface area contributed by atoms with Gasteiger partial charge >= 0.3 is 0 Å². The lowest BCUT2D eigenvalue weighted by molar-refractivity contribution is 0.0385. The Morgan fingerprint density at radius 3 is 2.56 bits per heavy atom. The predicted molar refractivity (Wildman–Crippen MR) is 69.5 cm³/mol. The van der Waals surface area contributed by atoms with Crippen LogP contribution >= 0.6 is 0 Å². The van der Waals surface area contributed by atoms with Crippen LogP contribution in [0.4, 0.5) is 0 Å². The monoisotopic (exact) mass is 217 g/mol. The van der Waals surface area contributed by atoms with Gasteiger partial charge in [-0.1, -0.05) is 57.5 Å². The van der Waals surface area contributed by atoms with Crippen molar-refractivity contribution in [1.82, 2.24) is 5.32 Å². The van der Waals surface area contributed by atoms with Gasteiger partial charge in [0.05, 0.1) is 0 Å². The van der Waals surface area contributed by atoms with E-state index < -0.39 is 0 Å². The molecule has 1 aromatic carbocycles. The zero-order chi connectivity index (χ0) is 11.6. The first-order valence-electron chi connectivity index (χ1n) is 6.44. The molecule has 2 rings (SSSR count). The molecule has 0 amide bonds. The molecule has 0 radical (unpaired) electrons. The topological polar surface area (TPSA) is 12.0 Å². The fraction of sp³-hybridized carbons (Fsp3) is 0.600. The molecule has 1 aromatic rings. The highest BCUT2D eigenvalue weighted by atomic mass is 15.0. The van der Waals surface area contributed by atoms with E-state index in [0.717, 1.165) is 5.92 Å². The van der Waals surface area contributed by atoms with Crippen LogP contribution in [-0.4, -0.2) is 12.6 Å². The van der Waals surface area contributed by atoms with E-state index in [0.29, 0.717) is 11.5 Å². The highest BCUT2D eigenvalue weighted by Gasteiger charge is 2.45. The second-order valence-electron chi connectivity index (χ2n) is 5.44. The molecule has 1 fully saturated rings. The fourth-order valence-electron chi connectivity index (χ4n) is 2.71. The first kappa shape index (κ1) is 11.7. The summed E-state index contributed by atoms with van der Waals surface area (Å²) in [4.78, 5) is 0. The van der Waals surface area contributed by atoms with Crippen LogP contribution in [0.1, 0.15) is 32.8 Å². The van der Waals surface area contributed by atoms with Crippen molar-refractivity contribution in [3.63, 3.8) is 0 Å². The molecule has 1 heterocycles. The molecule has 2 unspecified atom stereocenters. The summed E-state index contributed by atoms with van der Waals surface area (Å²) in [5.41, 5.74) is 1.94. The lowest BCUT2D eigenvalue weighted by Crippen LogP contribution is -2.64. The summed E-state index contributed by atoms with van der Waals surface area (Å²) in [6.07, 6.45) is 2.45. The van der Waals surface area contributed by atoms with Crippen LogP contribution < -0.4 is 5.32 Å². The Hall–Kier alpha value is -0.820. The van der Waals surface area contributed by atoms with Gasteiger partial charge in [0.15, 0.2) is 0 Å². The van der Waals surface area contributed by atoms with Gasteiger partial charge in [0.1, 0.15) is 0 Å². The zero-order valence-electron chi connectivity index (χ0n) is 10.7.